The highest BCUT2D eigenvalue weighted by Gasteiger charge is 2.29. The maximum atomic E-state index is 12.4. The molecule has 1 aromatic carbocycles. The van der Waals surface area contributed by atoms with Crippen molar-refractivity contribution < 1.29 is 4.79 Å². The van der Waals surface area contributed by atoms with E-state index in [1.165, 1.54) is 0 Å². The molecule has 0 bridgehead atoms. The van der Waals surface area contributed by atoms with Crippen molar-refractivity contribution in [2.75, 3.05) is 0 Å². The number of rotatable bonds is 4. The highest BCUT2D eigenvalue weighted by Crippen LogP contribution is 2.32. The molecule has 1 aliphatic carbocycles. The molecule has 0 saturated carbocycles. The number of halogens is 1. The number of nitrogens with one attached hydrogen (secondary N) is 1. The Morgan fingerprint density at radius 1 is 1.26 bits per heavy atom. The van der Waals surface area contributed by atoms with Gasteiger partial charge in [-0.1, -0.05) is 31.4 Å². The van der Waals surface area contributed by atoms with E-state index in [0.717, 1.165) is 30.5 Å². The van der Waals surface area contributed by atoms with E-state index >= 15 is 0 Å². The van der Waals surface area contributed by atoms with Crippen LogP contribution in [0.3, 0.4) is 0 Å². The molecule has 4 nitrogen and oxygen atoms in total. The molecule has 1 unspecified atom stereocenters. The normalized spacial score (nSPS) is 17.1. The van der Waals surface area contributed by atoms with Crippen molar-refractivity contribution in [3.8, 4) is 11.4 Å². The van der Waals surface area contributed by atoms with Gasteiger partial charge in [0.1, 0.15) is 11.6 Å². The van der Waals surface area contributed by atoms with Crippen molar-refractivity contribution in [1.29, 1.82) is 0 Å². The van der Waals surface area contributed by atoms with Crippen LogP contribution in [0.2, 0.25) is 5.02 Å². The van der Waals surface area contributed by atoms with Gasteiger partial charge < -0.3 is 4.98 Å². The fourth-order valence-electron chi connectivity index (χ4n) is 3.10. The second kappa shape index (κ2) is 6.67. The fourth-order valence-corrected chi connectivity index (χ4v) is 3.22. The van der Waals surface area contributed by atoms with E-state index in [4.69, 9.17) is 16.6 Å². The van der Waals surface area contributed by atoms with Gasteiger partial charge in [0.05, 0.1) is 5.69 Å². The molecule has 3 rings (SSSR count). The first kappa shape index (κ1) is 15.9. The summed E-state index contributed by atoms with van der Waals surface area (Å²) in [5, 5.41) is 0.639. The molecule has 0 fully saturated rings. The van der Waals surface area contributed by atoms with Crippen LogP contribution in [0, 0.1) is 0 Å². The maximum Gasteiger partial charge on any atom is 0.255 e. The summed E-state index contributed by atoms with van der Waals surface area (Å²) in [5.41, 5.74) is 1.96. The Morgan fingerprint density at radius 3 is 2.70 bits per heavy atom. The van der Waals surface area contributed by atoms with Crippen LogP contribution in [0.25, 0.3) is 11.4 Å². The lowest BCUT2D eigenvalue weighted by molar-refractivity contribution is -0.119. The summed E-state index contributed by atoms with van der Waals surface area (Å²) in [6.07, 6.45) is 3.67. The summed E-state index contributed by atoms with van der Waals surface area (Å²) in [6, 6.07) is 7.22. The van der Waals surface area contributed by atoms with E-state index in [2.05, 4.69) is 11.9 Å². The summed E-state index contributed by atoms with van der Waals surface area (Å²) < 4.78 is 0. The summed E-state index contributed by atoms with van der Waals surface area (Å²) in [5.74, 6) is 0.728. The Balaban J connectivity index is 2.06. The van der Waals surface area contributed by atoms with Gasteiger partial charge in [0.2, 0.25) is 0 Å². The zero-order chi connectivity index (χ0) is 16.4. The molecule has 0 spiro atoms. The first-order valence-electron chi connectivity index (χ1n) is 7.99. The zero-order valence-electron chi connectivity index (χ0n) is 13.1. The molecule has 1 aliphatic rings. The lowest BCUT2D eigenvalue weighted by Gasteiger charge is -2.23. The summed E-state index contributed by atoms with van der Waals surface area (Å²) in [6.45, 7) is 2.12. The molecule has 0 saturated heterocycles. The molecule has 1 N–H and O–H groups in total. The van der Waals surface area contributed by atoms with Crippen LogP contribution in [-0.4, -0.2) is 15.8 Å². The molecule has 0 aliphatic heterocycles. The quantitative estimate of drug-likeness (QED) is 0.925. The first-order chi connectivity index (χ1) is 11.1. The topological polar surface area (TPSA) is 62.8 Å². The van der Waals surface area contributed by atoms with E-state index in [-0.39, 0.29) is 23.7 Å². The van der Waals surface area contributed by atoms with Crippen molar-refractivity contribution in [3.05, 3.63) is 50.9 Å². The van der Waals surface area contributed by atoms with Crippen LogP contribution >= 0.6 is 11.6 Å². The molecule has 5 heteroatoms. The number of unbranched alkanes of at least 4 members (excludes halogenated alkanes) is 1. The molecule has 0 radical (unpaired) electrons. The molecule has 0 amide bonds. The SMILES string of the molecule is CCCCC1CC(=O)Cc2c1nc(-c1ccc(Cl)cc1)[nH]c2=O. The minimum atomic E-state index is -0.200. The number of aromatic nitrogens is 2. The van der Waals surface area contributed by atoms with E-state index in [0.29, 0.717) is 22.8 Å². The van der Waals surface area contributed by atoms with Gasteiger partial charge in [-0.05, 0) is 30.7 Å². The van der Waals surface area contributed by atoms with E-state index in [9.17, 15) is 9.59 Å². The van der Waals surface area contributed by atoms with Crippen LogP contribution in [0.1, 0.15) is 49.8 Å². The van der Waals surface area contributed by atoms with Gasteiger partial charge in [-0.2, -0.15) is 0 Å². The van der Waals surface area contributed by atoms with Crippen LogP contribution in [-0.2, 0) is 11.2 Å². The van der Waals surface area contributed by atoms with Crippen LogP contribution in [0.5, 0.6) is 0 Å². The zero-order valence-corrected chi connectivity index (χ0v) is 13.8. The van der Waals surface area contributed by atoms with Gasteiger partial charge in [-0.3, -0.25) is 9.59 Å². The van der Waals surface area contributed by atoms with Gasteiger partial charge in [-0.15, -0.1) is 0 Å². The average molecular weight is 331 g/mol. The lowest BCUT2D eigenvalue weighted by atomic mass is 9.83. The second-order valence-electron chi connectivity index (χ2n) is 6.04. The maximum absolute atomic E-state index is 12.4. The van der Waals surface area contributed by atoms with Crippen LogP contribution in [0.15, 0.2) is 29.1 Å². The van der Waals surface area contributed by atoms with Gasteiger partial charge in [-0.25, -0.2) is 4.98 Å². The number of fused-ring (bicyclic) bond motifs is 1. The van der Waals surface area contributed by atoms with E-state index in [1.807, 2.05) is 12.1 Å². The van der Waals surface area contributed by atoms with Crippen molar-refractivity contribution in [3.63, 3.8) is 0 Å². The molecule has 120 valence electrons. The van der Waals surface area contributed by atoms with Gasteiger partial charge >= 0.3 is 0 Å². The summed E-state index contributed by atoms with van der Waals surface area (Å²) >= 11 is 5.91. The van der Waals surface area contributed by atoms with Gasteiger partial charge in [0.25, 0.3) is 5.56 Å². The summed E-state index contributed by atoms with van der Waals surface area (Å²) in [7, 11) is 0. The molecule has 1 atom stereocenters. The number of ketones is 1. The van der Waals surface area contributed by atoms with Crippen LogP contribution in [0.4, 0.5) is 0 Å². The molecule has 1 heterocycles. The highest BCUT2D eigenvalue weighted by atomic mass is 35.5. The van der Waals surface area contributed by atoms with Gasteiger partial charge in [0.15, 0.2) is 0 Å². The number of carbonyl (C=O) groups excluding carboxylic acids is 1. The average Bonchev–Trinajstić information content (AvgIpc) is 2.54. The van der Waals surface area contributed by atoms with E-state index < -0.39 is 0 Å². The molecule has 23 heavy (non-hydrogen) atoms. The molecule has 1 aromatic heterocycles. The minimum absolute atomic E-state index is 0.0551. The van der Waals surface area contributed by atoms with Crippen molar-refractivity contribution in [1.82, 2.24) is 9.97 Å². The Labute approximate surface area is 139 Å². The number of carbonyl (C=O) groups is 1. The van der Waals surface area contributed by atoms with Crippen molar-refractivity contribution in [2.45, 2.75) is 44.9 Å². The van der Waals surface area contributed by atoms with Gasteiger partial charge in [0, 0.05) is 34.9 Å². The predicted octanol–water partition coefficient (Wildman–Crippen LogP) is 3.88. The predicted molar refractivity (Wildman–Crippen MR) is 90.9 cm³/mol. The van der Waals surface area contributed by atoms with E-state index in [1.54, 1.807) is 12.1 Å². The number of Topliss-reactive ketones (excluding diaryl/α,β-unsaturated/α-hetero) is 1. The number of nitrogens with zero attached hydrogens (tertiary/aromatic N) is 1. The monoisotopic (exact) mass is 330 g/mol. The second-order valence-corrected chi connectivity index (χ2v) is 6.48. The lowest BCUT2D eigenvalue weighted by Crippen LogP contribution is -2.28. The van der Waals surface area contributed by atoms with Crippen LogP contribution < -0.4 is 5.56 Å². The third-order valence-electron chi connectivity index (χ3n) is 4.31. The molecular weight excluding hydrogens is 312 g/mol. The third kappa shape index (κ3) is 3.37. The number of aromatic amines is 1. The summed E-state index contributed by atoms with van der Waals surface area (Å²) in [4.78, 5) is 31.9. The smallest absolute Gasteiger partial charge is 0.255 e. The number of benzene rings is 1. The standard InChI is InChI=1S/C18H19ClN2O2/c1-2-3-4-12-9-14(22)10-15-16(12)20-17(21-18(15)23)11-5-7-13(19)8-6-11/h5-8,12H,2-4,9-10H2,1H3,(H,20,21,23). The highest BCUT2D eigenvalue weighted by molar-refractivity contribution is 6.30. The van der Waals surface area contributed by atoms with Crippen molar-refractivity contribution in [2.24, 2.45) is 0 Å². The Kier molecular flexibility index (Phi) is 4.62. The largest absolute Gasteiger partial charge is 0.306 e. The fraction of sp³-hybridized carbons (Fsp3) is 0.389. The van der Waals surface area contributed by atoms with Crippen molar-refractivity contribution >= 4 is 17.4 Å². The Hall–Kier alpha value is -1.94. The number of hydrogen-bond donors (Lipinski definition) is 1. The Morgan fingerprint density at radius 2 is 2.00 bits per heavy atom. The number of hydrogen-bond acceptors (Lipinski definition) is 3. The number of H-pyrrole nitrogens is 1. The first-order valence-corrected chi connectivity index (χ1v) is 8.37. The minimum Gasteiger partial charge on any atom is -0.306 e. The Bertz CT molecular complexity index is 781. The molecule has 2 aromatic rings. The molecular formula is C18H19ClN2O2. The third-order valence-corrected chi connectivity index (χ3v) is 4.56.